The summed E-state index contributed by atoms with van der Waals surface area (Å²) in [5.41, 5.74) is 0. The highest BCUT2D eigenvalue weighted by Gasteiger charge is 1.99. The van der Waals surface area contributed by atoms with E-state index in [1.54, 1.807) is 0 Å². The fraction of sp³-hybridized carbons (Fsp3) is 0.800. The molecule has 0 aliphatic carbocycles. The molecule has 8 heavy (non-hydrogen) atoms. The zero-order valence-electron chi connectivity index (χ0n) is 5.14. The lowest BCUT2D eigenvalue weighted by Gasteiger charge is -2.05. The Morgan fingerprint density at radius 1 is 1.88 bits per heavy atom. The summed E-state index contributed by atoms with van der Waals surface area (Å²) in [6.45, 7) is 3.76. The van der Waals surface area contributed by atoms with Crippen molar-refractivity contribution in [1.82, 2.24) is 5.32 Å². The van der Waals surface area contributed by atoms with E-state index in [9.17, 15) is 4.79 Å². The molecule has 0 aliphatic rings. The average Bonchev–Trinajstić information content (AvgIpc) is 1.65. The summed E-state index contributed by atoms with van der Waals surface area (Å²) in [7, 11) is 0. The van der Waals surface area contributed by atoms with Crippen molar-refractivity contribution in [3.8, 4) is 0 Å². The van der Waals surface area contributed by atoms with Crippen LogP contribution in [0.3, 0.4) is 0 Å². The van der Waals surface area contributed by atoms with E-state index < -0.39 is 6.09 Å². The summed E-state index contributed by atoms with van der Waals surface area (Å²) in [6.07, 6.45) is -0.105. The van der Waals surface area contributed by atoms with Crippen molar-refractivity contribution in [2.24, 2.45) is 0 Å². The van der Waals surface area contributed by atoms with Crippen molar-refractivity contribution >= 4 is 6.09 Å². The Kier molecular flexibility index (Phi) is 2.99. The van der Waals surface area contributed by atoms with Crippen LogP contribution in [0.2, 0.25) is 0 Å². The molecule has 0 saturated heterocycles. The second kappa shape index (κ2) is 3.29. The van der Waals surface area contributed by atoms with Crippen LogP contribution in [-0.2, 0) is 0 Å². The molecule has 0 radical (unpaired) electrons. The Bertz CT molecular complexity index is 82.5. The molecule has 0 heterocycles. The molecule has 3 nitrogen and oxygen atoms in total. The van der Waals surface area contributed by atoms with Crippen molar-refractivity contribution in [3.05, 3.63) is 0 Å². The standard InChI is InChI=1S/C5H11NO2/c1-3-4(2)6-5(7)8/h4,6H,3H2,1-2H3,(H,7,8)/t4-/m0/s1. The number of hydrogen-bond donors (Lipinski definition) is 2. The van der Waals surface area contributed by atoms with Gasteiger partial charge >= 0.3 is 6.09 Å². The lowest BCUT2D eigenvalue weighted by atomic mass is 10.3. The third-order valence-corrected chi connectivity index (χ3v) is 0.982. The first-order valence-electron chi connectivity index (χ1n) is 2.66. The minimum Gasteiger partial charge on any atom is -0.465 e. The molecule has 0 unspecified atom stereocenters. The van der Waals surface area contributed by atoms with Gasteiger partial charge in [-0.15, -0.1) is 0 Å². The molecule has 2 N–H and O–H groups in total. The minimum absolute atomic E-state index is 0.0764. The predicted molar refractivity (Wildman–Crippen MR) is 30.9 cm³/mol. The maximum Gasteiger partial charge on any atom is 0.404 e. The SMILES string of the molecule is CC[C@H](C)NC(=O)O. The molecule has 1 atom stereocenters. The highest BCUT2D eigenvalue weighted by atomic mass is 16.4. The second-order valence-electron chi connectivity index (χ2n) is 1.76. The van der Waals surface area contributed by atoms with Crippen molar-refractivity contribution in [2.45, 2.75) is 26.3 Å². The number of nitrogens with one attached hydrogen (secondary N) is 1. The molecule has 0 fully saturated rings. The van der Waals surface area contributed by atoms with Gasteiger partial charge in [-0.3, -0.25) is 0 Å². The monoisotopic (exact) mass is 117 g/mol. The average molecular weight is 117 g/mol. The maximum absolute atomic E-state index is 9.86. The lowest BCUT2D eigenvalue weighted by molar-refractivity contribution is 0.190. The highest BCUT2D eigenvalue weighted by molar-refractivity contribution is 5.64. The van der Waals surface area contributed by atoms with E-state index >= 15 is 0 Å². The van der Waals surface area contributed by atoms with Crippen molar-refractivity contribution in [3.63, 3.8) is 0 Å². The Hall–Kier alpha value is -0.730. The Balaban J connectivity index is 3.24. The summed E-state index contributed by atoms with van der Waals surface area (Å²) >= 11 is 0. The van der Waals surface area contributed by atoms with Gasteiger partial charge in [0.15, 0.2) is 0 Å². The number of carbonyl (C=O) groups is 1. The summed E-state index contributed by atoms with van der Waals surface area (Å²) in [5, 5.41) is 10.4. The van der Waals surface area contributed by atoms with Crippen LogP contribution in [0, 0.1) is 0 Å². The van der Waals surface area contributed by atoms with Gasteiger partial charge in [-0.25, -0.2) is 4.79 Å². The molecule has 1 amide bonds. The first-order valence-corrected chi connectivity index (χ1v) is 2.66. The van der Waals surface area contributed by atoms with E-state index in [-0.39, 0.29) is 6.04 Å². The number of amides is 1. The molecule has 0 aromatic heterocycles. The Labute approximate surface area is 48.7 Å². The summed E-state index contributed by atoms with van der Waals surface area (Å²) in [4.78, 5) is 9.86. The van der Waals surface area contributed by atoms with Crippen molar-refractivity contribution < 1.29 is 9.90 Å². The first kappa shape index (κ1) is 7.27. The van der Waals surface area contributed by atoms with Crippen LogP contribution in [0.25, 0.3) is 0 Å². The molecule has 0 spiro atoms. The molecule has 0 bridgehead atoms. The second-order valence-corrected chi connectivity index (χ2v) is 1.76. The fourth-order valence-corrected chi connectivity index (χ4v) is 0.313. The normalized spacial score (nSPS) is 12.8. The van der Waals surface area contributed by atoms with Crippen LogP contribution in [0.4, 0.5) is 4.79 Å². The molecule has 0 aliphatic heterocycles. The van der Waals surface area contributed by atoms with Gasteiger partial charge in [-0.1, -0.05) is 6.92 Å². The van der Waals surface area contributed by atoms with E-state index in [0.29, 0.717) is 0 Å². The summed E-state index contributed by atoms with van der Waals surface area (Å²) in [6, 6.07) is 0.0764. The van der Waals surface area contributed by atoms with Gasteiger partial charge in [-0.2, -0.15) is 0 Å². The van der Waals surface area contributed by atoms with Crippen LogP contribution in [0.5, 0.6) is 0 Å². The van der Waals surface area contributed by atoms with E-state index in [4.69, 9.17) is 5.11 Å². The Morgan fingerprint density at radius 3 is 2.50 bits per heavy atom. The van der Waals surface area contributed by atoms with E-state index in [1.165, 1.54) is 0 Å². The molecule has 0 rings (SSSR count). The van der Waals surface area contributed by atoms with E-state index in [2.05, 4.69) is 5.32 Å². The molecule has 0 aromatic carbocycles. The smallest absolute Gasteiger partial charge is 0.404 e. The van der Waals surface area contributed by atoms with Gasteiger partial charge < -0.3 is 10.4 Å². The number of hydrogen-bond acceptors (Lipinski definition) is 1. The van der Waals surface area contributed by atoms with Gasteiger partial charge in [0.2, 0.25) is 0 Å². The van der Waals surface area contributed by atoms with Gasteiger partial charge in [0, 0.05) is 6.04 Å². The van der Waals surface area contributed by atoms with Gasteiger partial charge in [-0.05, 0) is 13.3 Å². The molecule has 48 valence electrons. The minimum atomic E-state index is -0.945. The van der Waals surface area contributed by atoms with E-state index in [0.717, 1.165) is 6.42 Å². The van der Waals surface area contributed by atoms with Gasteiger partial charge in [0.05, 0.1) is 0 Å². The molecule has 0 saturated carbocycles. The fourth-order valence-electron chi connectivity index (χ4n) is 0.313. The quantitative estimate of drug-likeness (QED) is 0.568. The third kappa shape index (κ3) is 3.46. The highest BCUT2D eigenvalue weighted by Crippen LogP contribution is 1.85. The molecule has 0 aromatic rings. The maximum atomic E-state index is 9.86. The zero-order chi connectivity index (χ0) is 6.57. The van der Waals surface area contributed by atoms with Crippen molar-refractivity contribution in [1.29, 1.82) is 0 Å². The van der Waals surface area contributed by atoms with Crippen LogP contribution in [0.1, 0.15) is 20.3 Å². The Morgan fingerprint density at radius 2 is 2.38 bits per heavy atom. The molecular formula is C5H11NO2. The van der Waals surface area contributed by atoms with Crippen LogP contribution in [-0.4, -0.2) is 17.2 Å². The summed E-state index contributed by atoms with van der Waals surface area (Å²) in [5.74, 6) is 0. The van der Waals surface area contributed by atoms with Gasteiger partial charge in [0.1, 0.15) is 0 Å². The molecular weight excluding hydrogens is 106 g/mol. The molecule has 3 heteroatoms. The van der Waals surface area contributed by atoms with Crippen LogP contribution in [0.15, 0.2) is 0 Å². The first-order chi connectivity index (χ1) is 3.66. The largest absolute Gasteiger partial charge is 0.465 e. The van der Waals surface area contributed by atoms with Crippen molar-refractivity contribution in [2.75, 3.05) is 0 Å². The zero-order valence-corrected chi connectivity index (χ0v) is 5.14. The van der Waals surface area contributed by atoms with Crippen LogP contribution < -0.4 is 5.32 Å². The predicted octanol–water partition coefficient (Wildman–Crippen LogP) is 1.05. The van der Waals surface area contributed by atoms with Crippen LogP contribution >= 0.6 is 0 Å². The van der Waals surface area contributed by atoms with Gasteiger partial charge in [0.25, 0.3) is 0 Å². The topological polar surface area (TPSA) is 49.3 Å². The third-order valence-electron chi connectivity index (χ3n) is 0.982. The lowest BCUT2D eigenvalue weighted by Crippen LogP contribution is -2.30. The van der Waals surface area contributed by atoms with E-state index in [1.807, 2.05) is 13.8 Å². The number of rotatable bonds is 2. The summed E-state index contributed by atoms with van der Waals surface area (Å²) < 4.78 is 0. The number of carboxylic acid groups (broad SMARTS) is 1.